The van der Waals surface area contributed by atoms with Crippen molar-refractivity contribution in [3.63, 3.8) is 0 Å². The minimum Gasteiger partial charge on any atom is -0.493 e. The summed E-state index contributed by atoms with van der Waals surface area (Å²) in [6.07, 6.45) is 4.13. The van der Waals surface area contributed by atoms with Gasteiger partial charge in [0.05, 0.1) is 18.1 Å². The molecule has 1 heterocycles. The smallest absolute Gasteiger partial charge is 0.270 e. The van der Waals surface area contributed by atoms with Crippen molar-refractivity contribution in [1.29, 1.82) is 0 Å². The van der Waals surface area contributed by atoms with Crippen LogP contribution in [-0.2, 0) is 13.0 Å². The lowest BCUT2D eigenvalue weighted by atomic mass is 10.2. The van der Waals surface area contributed by atoms with Crippen molar-refractivity contribution in [2.24, 2.45) is 0 Å². The van der Waals surface area contributed by atoms with Crippen molar-refractivity contribution >= 4 is 5.69 Å². The zero-order chi connectivity index (χ0) is 14.4. The maximum absolute atomic E-state index is 10.7. The van der Waals surface area contributed by atoms with Crippen LogP contribution in [0.5, 0.6) is 5.75 Å². The van der Waals surface area contributed by atoms with E-state index in [-0.39, 0.29) is 12.3 Å². The summed E-state index contributed by atoms with van der Waals surface area (Å²) in [5.41, 5.74) is 1.39. The van der Waals surface area contributed by atoms with Gasteiger partial charge < -0.3 is 9.84 Å². The highest BCUT2D eigenvalue weighted by molar-refractivity contribution is 5.43. The number of ether oxygens (including phenoxy) is 1. The van der Waals surface area contributed by atoms with E-state index in [0.717, 1.165) is 5.56 Å². The minimum atomic E-state index is -0.501. The van der Waals surface area contributed by atoms with Gasteiger partial charge >= 0.3 is 0 Å². The van der Waals surface area contributed by atoms with Gasteiger partial charge in [0.25, 0.3) is 5.69 Å². The molecule has 2 rings (SSSR count). The SMILES string of the molecule is O=[N+]([O-])c1ccc(OCCc2cccnc2)c(CO)c1. The molecule has 0 unspecified atom stereocenters. The van der Waals surface area contributed by atoms with Gasteiger partial charge in [-0.15, -0.1) is 0 Å². The third-order valence-corrected chi connectivity index (χ3v) is 2.80. The zero-order valence-corrected chi connectivity index (χ0v) is 10.7. The van der Waals surface area contributed by atoms with E-state index < -0.39 is 4.92 Å². The van der Waals surface area contributed by atoms with Crippen molar-refractivity contribution in [2.75, 3.05) is 6.61 Å². The molecule has 0 aliphatic rings. The molecule has 0 atom stereocenters. The normalized spacial score (nSPS) is 10.2. The van der Waals surface area contributed by atoms with Gasteiger partial charge in [0.15, 0.2) is 0 Å². The topological polar surface area (TPSA) is 85.5 Å². The number of benzene rings is 1. The third kappa shape index (κ3) is 3.52. The highest BCUT2D eigenvalue weighted by atomic mass is 16.6. The Bertz CT molecular complexity index is 587. The molecule has 6 heteroatoms. The molecule has 1 aromatic heterocycles. The molecule has 0 fully saturated rings. The van der Waals surface area contributed by atoms with Gasteiger partial charge in [0, 0.05) is 36.5 Å². The predicted molar refractivity (Wildman–Crippen MR) is 72.5 cm³/mol. The predicted octanol–water partition coefficient (Wildman–Crippen LogP) is 2.10. The Kier molecular flexibility index (Phi) is 4.62. The van der Waals surface area contributed by atoms with Gasteiger partial charge in [-0.05, 0) is 17.7 Å². The lowest BCUT2D eigenvalue weighted by Gasteiger charge is -2.09. The number of aliphatic hydroxyl groups excluding tert-OH is 1. The van der Waals surface area contributed by atoms with E-state index in [1.165, 1.54) is 18.2 Å². The number of pyridine rings is 1. The van der Waals surface area contributed by atoms with Crippen LogP contribution in [0.2, 0.25) is 0 Å². The Morgan fingerprint density at radius 3 is 2.85 bits per heavy atom. The van der Waals surface area contributed by atoms with Gasteiger partial charge in [0.2, 0.25) is 0 Å². The van der Waals surface area contributed by atoms with E-state index in [0.29, 0.717) is 24.3 Å². The van der Waals surface area contributed by atoms with Crippen molar-refractivity contribution in [3.8, 4) is 5.75 Å². The highest BCUT2D eigenvalue weighted by Crippen LogP contribution is 2.24. The second-order valence-corrected chi connectivity index (χ2v) is 4.17. The van der Waals surface area contributed by atoms with Crippen LogP contribution < -0.4 is 4.74 Å². The molecule has 0 radical (unpaired) electrons. The molecule has 0 aliphatic heterocycles. The van der Waals surface area contributed by atoms with Crippen LogP contribution >= 0.6 is 0 Å². The molecule has 0 spiro atoms. The number of nitrogens with zero attached hydrogens (tertiary/aromatic N) is 2. The summed E-state index contributed by atoms with van der Waals surface area (Å²) >= 11 is 0. The second-order valence-electron chi connectivity index (χ2n) is 4.17. The first-order chi connectivity index (χ1) is 9.70. The number of non-ortho nitro benzene ring substituents is 1. The number of nitro groups is 1. The van der Waals surface area contributed by atoms with E-state index >= 15 is 0 Å². The number of aliphatic hydroxyl groups is 1. The first-order valence-electron chi connectivity index (χ1n) is 6.10. The Morgan fingerprint density at radius 1 is 1.35 bits per heavy atom. The minimum absolute atomic E-state index is 0.0614. The summed E-state index contributed by atoms with van der Waals surface area (Å²) in [5.74, 6) is 0.460. The number of nitro benzene ring substituents is 1. The molecule has 6 nitrogen and oxygen atoms in total. The summed E-state index contributed by atoms with van der Waals surface area (Å²) in [6.45, 7) is 0.112. The molecule has 0 saturated heterocycles. The number of rotatable bonds is 6. The van der Waals surface area contributed by atoms with Gasteiger partial charge in [-0.3, -0.25) is 15.1 Å². The van der Waals surface area contributed by atoms with Gasteiger partial charge in [-0.1, -0.05) is 6.07 Å². The van der Waals surface area contributed by atoms with Crippen LogP contribution in [0.4, 0.5) is 5.69 Å². The monoisotopic (exact) mass is 274 g/mol. The molecule has 20 heavy (non-hydrogen) atoms. The number of hydrogen-bond donors (Lipinski definition) is 1. The lowest BCUT2D eigenvalue weighted by molar-refractivity contribution is -0.385. The second kappa shape index (κ2) is 6.63. The summed E-state index contributed by atoms with van der Waals surface area (Å²) in [6, 6.07) is 7.98. The summed E-state index contributed by atoms with van der Waals surface area (Å²) in [5, 5.41) is 19.9. The summed E-state index contributed by atoms with van der Waals surface area (Å²) in [7, 11) is 0. The fraction of sp³-hybridized carbons (Fsp3) is 0.214. The van der Waals surface area contributed by atoms with Gasteiger partial charge in [-0.25, -0.2) is 0 Å². The van der Waals surface area contributed by atoms with Crippen LogP contribution in [0.3, 0.4) is 0 Å². The molecule has 0 saturated carbocycles. The van der Waals surface area contributed by atoms with E-state index in [2.05, 4.69) is 4.98 Å². The van der Waals surface area contributed by atoms with Gasteiger partial charge in [0.1, 0.15) is 5.75 Å². The molecule has 1 N–H and O–H groups in total. The summed E-state index contributed by atoms with van der Waals surface area (Å²) in [4.78, 5) is 14.2. The maximum Gasteiger partial charge on any atom is 0.270 e. The van der Waals surface area contributed by atoms with Crippen molar-refractivity contribution in [3.05, 3.63) is 64.0 Å². The molecule has 0 aliphatic carbocycles. The first kappa shape index (κ1) is 14.0. The number of aromatic nitrogens is 1. The Hall–Kier alpha value is -2.47. The fourth-order valence-electron chi connectivity index (χ4n) is 1.77. The molecule has 104 valence electrons. The Balaban J connectivity index is 2.00. The van der Waals surface area contributed by atoms with Crippen LogP contribution in [-0.4, -0.2) is 21.6 Å². The molecular formula is C14H14N2O4. The molecular weight excluding hydrogens is 260 g/mol. The highest BCUT2D eigenvalue weighted by Gasteiger charge is 2.11. The van der Waals surface area contributed by atoms with Crippen molar-refractivity contribution in [2.45, 2.75) is 13.0 Å². The van der Waals surface area contributed by atoms with Crippen LogP contribution in [0.1, 0.15) is 11.1 Å². The number of hydrogen-bond acceptors (Lipinski definition) is 5. The largest absolute Gasteiger partial charge is 0.493 e. The zero-order valence-electron chi connectivity index (χ0n) is 10.7. The van der Waals surface area contributed by atoms with E-state index in [9.17, 15) is 15.2 Å². The Labute approximate surface area is 115 Å². The van der Waals surface area contributed by atoms with Crippen LogP contribution in [0.15, 0.2) is 42.7 Å². The van der Waals surface area contributed by atoms with Crippen LogP contribution in [0.25, 0.3) is 0 Å². The van der Waals surface area contributed by atoms with E-state index in [1.807, 2.05) is 12.1 Å². The maximum atomic E-state index is 10.7. The molecule has 0 bridgehead atoms. The van der Waals surface area contributed by atoms with Crippen molar-refractivity contribution in [1.82, 2.24) is 4.98 Å². The quantitative estimate of drug-likeness (QED) is 0.644. The summed E-state index contributed by atoms with van der Waals surface area (Å²) < 4.78 is 5.56. The van der Waals surface area contributed by atoms with Crippen LogP contribution in [0, 0.1) is 10.1 Å². The lowest BCUT2D eigenvalue weighted by Crippen LogP contribution is -2.04. The molecule has 2 aromatic rings. The van der Waals surface area contributed by atoms with E-state index in [4.69, 9.17) is 4.74 Å². The van der Waals surface area contributed by atoms with Crippen molar-refractivity contribution < 1.29 is 14.8 Å². The standard InChI is InChI=1S/C14H14N2O4/c17-10-12-8-13(16(18)19)3-4-14(12)20-7-5-11-2-1-6-15-9-11/h1-4,6,8-9,17H,5,7,10H2. The van der Waals surface area contributed by atoms with Gasteiger partial charge in [-0.2, -0.15) is 0 Å². The van der Waals surface area contributed by atoms with E-state index in [1.54, 1.807) is 12.4 Å². The fourth-order valence-corrected chi connectivity index (χ4v) is 1.77. The Morgan fingerprint density at radius 2 is 2.20 bits per heavy atom. The average molecular weight is 274 g/mol. The average Bonchev–Trinajstić information content (AvgIpc) is 2.48. The third-order valence-electron chi connectivity index (χ3n) is 2.80. The first-order valence-corrected chi connectivity index (χ1v) is 6.10. The molecule has 0 amide bonds. The molecule has 1 aromatic carbocycles.